The van der Waals surface area contributed by atoms with Gasteiger partial charge < -0.3 is 19.8 Å². The molecule has 0 bridgehead atoms. The molecular weight excluding hydrogens is 272 g/mol. The molecule has 0 saturated carbocycles. The molecule has 1 saturated heterocycles. The number of aliphatic hydroxyl groups excluding tert-OH is 1. The molecule has 0 spiro atoms. The lowest BCUT2D eigenvalue weighted by molar-refractivity contribution is 0.138. The molecule has 1 aliphatic heterocycles. The number of aryl methyl sites for hydroxylation is 1. The summed E-state index contributed by atoms with van der Waals surface area (Å²) in [5.41, 5.74) is 0. The van der Waals surface area contributed by atoms with Crippen LogP contribution in [0.4, 0.5) is 4.79 Å². The Morgan fingerprint density at radius 2 is 2.29 bits per heavy atom. The van der Waals surface area contributed by atoms with Gasteiger partial charge in [-0.3, -0.25) is 0 Å². The molecule has 3 atom stereocenters. The van der Waals surface area contributed by atoms with Crippen molar-refractivity contribution in [1.82, 2.24) is 20.4 Å². The van der Waals surface area contributed by atoms with Crippen LogP contribution in [0.3, 0.4) is 0 Å². The van der Waals surface area contributed by atoms with E-state index in [2.05, 4.69) is 22.4 Å². The van der Waals surface area contributed by atoms with Gasteiger partial charge in [0.05, 0.1) is 12.6 Å². The number of nitrogens with zero attached hydrogens (tertiary/aromatic N) is 3. The van der Waals surface area contributed by atoms with Crippen LogP contribution in [0.5, 0.6) is 0 Å². The van der Waals surface area contributed by atoms with Crippen molar-refractivity contribution in [3.05, 3.63) is 11.7 Å². The smallest absolute Gasteiger partial charge is 0.318 e. The quantitative estimate of drug-likeness (QED) is 0.878. The van der Waals surface area contributed by atoms with Gasteiger partial charge in [-0.05, 0) is 25.2 Å². The molecule has 1 aliphatic rings. The molecule has 2 amide bonds. The SMILES string of the molecule is Cc1noc([C@H](NC(=O)N2CC[C@@H](C)[C@H]2CO)C(C)C)n1. The fourth-order valence-corrected chi connectivity index (χ4v) is 2.71. The van der Waals surface area contributed by atoms with E-state index in [0.717, 1.165) is 6.42 Å². The lowest BCUT2D eigenvalue weighted by Crippen LogP contribution is -2.47. The zero-order valence-electron chi connectivity index (χ0n) is 13.0. The summed E-state index contributed by atoms with van der Waals surface area (Å²) in [6.07, 6.45) is 0.907. The fraction of sp³-hybridized carbons (Fsp3) is 0.786. The Balaban J connectivity index is 2.09. The molecule has 0 radical (unpaired) electrons. The van der Waals surface area contributed by atoms with Crippen LogP contribution >= 0.6 is 0 Å². The average molecular weight is 296 g/mol. The summed E-state index contributed by atoms with van der Waals surface area (Å²) in [5.74, 6) is 1.40. The van der Waals surface area contributed by atoms with Crippen LogP contribution in [0.25, 0.3) is 0 Å². The van der Waals surface area contributed by atoms with Crippen molar-refractivity contribution >= 4 is 6.03 Å². The number of amides is 2. The molecule has 2 rings (SSSR count). The van der Waals surface area contributed by atoms with Crippen LogP contribution in [0, 0.1) is 18.8 Å². The number of carbonyl (C=O) groups excluding carboxylic acids is 1. The van der Waals surface area contributed by atoms with E-state index in [4.69, 9.17) is 4.52 Å². The highest BCUT2D eigenvalue weighted by Gasteiger charge is 2.35. The molecule has 2 N–H and O–H groups in total. The molecular formula is C14H24N4O3. The Kier molecular flexibility index (Phi) is 4.82. The lowest BCUT2D eigenvalue weighted by atomic mass is 10.0. The molecule has 1 aromatic rings. The van der Waals surface area contributed by atoms with E-state index in [1.165, 1.54) is 0 Å². The Morgan fingerprint density at radius 1 is 1.57 bits per heavy atom. The first-order valence-corrected chi connectivity index (χ1v) is 7.42. The van der Waals surface area contributed by atoms with Gasteiger partial charge in [0.2, 0.25) is 5.89 Å². The minimum atomic E-state index is -0.325. The third-order valence-electron chi connectivity index (χ3n) is 4.09. The highest BCUT2D eigenvalue weighted by atomic mass is 16.5. The largest absolute Gasteiger partial charge is 0.394 e. The summed E-state index contributed by atoms with van der Waals surface area (Å²) in [6, 6.07) is -0.635. The monoisotopic (exact) mass is 296 g/mol. The van der Waals surface area contributed by atoms with E-state index in [-0.39, 0.29) is 30.6 Å². The number of urea groups is 1. The molecule has 2 heterocycles. The minimum Gasteiger partial charge on any atom is -0.394 e. The third-order valence-corrected chi connectivity index (χ3v) is 4.09. The molecule has 0 unspecified atom stereocenters. The van der Waals surface area contributed by atoms with Crippen LogP contribution in [0.15, 0.2) is 4.52 Å². The maximum absolute atomic E-state index is 12.5. The Hall–Kier alpha value is -1.63. The summed E-state index contributed by atoms with van der Waals surface area (Å²) in [5, 5.41) is 16.2. The van der Waals surface area contributed by atoms with E-state index in [1.54, 1.807) is 11.8 Å². The first-order valence-electron chi connectivity index (χ1n) is 7.42. The van der Waals surface area contributed by atoms with Crippen LogP contribution in [-0.2, 0) is 0 Å². The zero-order chi connectivity index (χ0) is 15.6. The number of carbonyl (C=O) groups is 1. The van der Waals surface area contributed by atoms with Crippen LogP contribution in [0.1, 0.15) is 44.9 Å². The number of rotatable bonds is 4. The molecule has 0 aromatic carbocycles. The lowest BCUT2D eigenvalue weighted by Gasteiger charge is -2.28. The van der Waals surface area contributed by atoms with Gasteiger partial charge >= 0.3 is 6.03 Å². The molecule has 0 aliphatic carbocycles. The molecule has 21 heavy (non-hydrogen) atoms. The topological polar surface area (TPSA) is 91.5 Å². The van der Waals surface area contributed by atoms with E-state index in [1.807, 2.05) is 13.8 Å². The standard InChI is InChI=1S/C14H24N4O3/c1-8(2)12(13-15-10(4)17-21-13)16-14(20)18-6-5-9(3)11(18)7-19/h8-9,11-12,19H,5-7H2,1-4H3,(H,16,20)/t9-,11-,12-/m1/s1. The van der Waals surface area contributed by atoms with Crippen LogP contribution < -0.4 is 5.32 Å². The summed E-state index contributed by atoms with van der Waals surface area (Å²) in [7, 11) is 0. The van der Waals surface area contributed by atoms with Crippen molar-refractivity contribution in [2.75, 3.05) is 13.2 Å². The summed E-state index contributed by atoms with van der Waals surface area (Å²) >= 11 is 0. The Bertz CT molecular complexity index is 488. The van der Waals surface area contributed by atoms with Gasteiger partial charge in [-0.15, -0.1) is 0 Å². The highest BCUT2D eigenvalue weighted by Crippen LogP contribution is 2.25. The fourth-order valence-electron chi connectivity index (χ4n) is 2.71. The summed E-state index contributed by atoms with van der Waals surface area (Å²) in [6.45, 7) is 8.42. The number of hydrogen-bond donors (Lipinski definition) is 2. The molecule has 1 aromatic heterocycles. The summed E-state index contributed by atoms with van der Waals surface area (Å²) < 4.78 is 5.18. The normalized spacial score (nSPS) is 23.6. The van der Waals surface area contributed by atoms with E-state index in [0.29, 0.717) is 24.2 Å². The molecule has 1 fully saturated rings. The maximum Gasteiger partial charge on any atom is 0.318 e. The maximum atomic E-state index is 12.5. The van der Waals surface area contributed by atoms with Gasteiger partial charge in [-0.2, -0.15) is 4.98 Å². The number of hydrogen-bond acceptors (Lipinski definition) is 5. The van der Waals surface area contributed by atoms with E-state index in [9.17, 15) is 9.90 Å². The Labute approximate surface area is 124 Å². The van der Waals surface area contributed by atoms with Gasteiger partial charge in [-0.1, -0.05) is 25.9 Å². The molecule has 118 valence electrons. The zero-order valence-corrected chi connectivity index (χ0v) is 13.0. The van der Waals surface area contributed by atoms with Gasteiger partial charge in [0.1, 0.15) is 6.04 Å². The second-order valence-corrected chi connectivity index (χ2v) is 6.06. The second-order valence-electron chi connectivity index (χ2n) is 6.06. The van der Waals surface area contributed by atoms with Crippen molar-refractivity contribution in [3.8, 4) is 0 Å². The van der Waals surface area contributed by atoms with Crippen LogP contribution in [-0.4, -0.2) is 45.4 Å². The minimum absolute atomic E-state index is 0.0133. The summed E-state index contributed by atoms with van der Waals surface area (Å²) in [4.78, 5) is 18.4. The van der Waals surface area contributed by atoms with Gasteiger partial charge in [0, 0.05) is 6.54 Å². The first-order chi connectivity index (χ1) is 9.93. The van der Waals surface area contributed by atoms with Crippen molar-refractivity contribution in [2.24, 2.45) is 11.8 Å². The number of aromatic nitrogens is 2. The highest BCUT2D eigenvalue weighted by molar-refractivity contribution is 5.75. The molecule has 7 heteroatoms. The van der Waals surface area contributed by atoms with Crippen molar-refractivity contribution < 1.29 is 14.4 Å². The van der Waals surface area contributed by atoms with E-state index >= 15 is 0 Å². The molecule has 7 nitrogen and oxygen atoms in total. The third kappa shape index (κ3) is 3.34. The number of nitrogens with one attached hydrogen (secondary N) is 1. The first kappa shape index (κ1) is 15.8. The van der Waals surface area contributed by atoms with Crippen molar-refractivity contribution in [2.45, 2.75) is 46.2 Å². The number of likely N-dealkylation sites (tertiary alicyclic amines) is 1. The second kappa shape index (κ2) is 6.43. The Morgan fingerprint density at radius 3 is 2.81 bits per heavy atom. The van der Waals surface area contributed by atoms with E-state index < -0.39 is 0 Å². The van der Waals surface area contributed by atoms with Crippen LogP contribution in [0.2, 0.25) is 0 Å². The average Bonchev–Trinajstić information content (AvgIpc) is 3.01. The van der Waals surface area contributed by atoms with Crippen molar-refractivity contribution in [1.29, 1.82) is 0 Å². The van der Waals surface area contributed by atoms with Crippen molar-refractivity contribution in [3.63, 3.8) is 0 Å². The predicted octanol–water partition coefficient (Wildman–Crippen LogP) is 1.49. The van der Waals surface area contributed by atoms with Gasteiger partial charge in [0.15, 0.2) is 5.82 Å². The predicted molar refractivity (Wildman–Crippen MR) is 76.5 cm³/mol. The van der Waals surface area contributed by atoms with Gasteiger partial charge in [-0.25, -0.2) is 4.79 Å². The van der Waals surface area contributed by atoms with Gasteiger partial charge in [0.25, 0.3) is 0 Å². The number of aliphatic hydroxyl groups is 1.